The number of allylic oxidation sites excluding steroid dienone is 19. The van der Waals surface area contributed by atoms with Gasteiger partial charge >= 0.3 is 0 Å². The fourth-order valence-electron chi connectivity index (χ4n) is 11.3. The minimum atomic E-state index is 0.124. The van der Waals surface area contributed by atoms with Crippen LogP contribution in [0.4, 0.5) is 0 Å². The third kappa shape index (κ3) is 6.27. The van der Waals surface area contributed by atoms with Gasteiger partial charge in [0.25, 0.3) is 0 Å². The van der Waals surface area contributed by atoms with Gasteiger partial charge in [-0.1, -0.05) is 151 Å². The van der Waals surface area contributed by atoms with Crippen molar-refractivity contribution < 1.29 is 0 Å². The fraction of sp³-hybridized carbons (Fsp3) is 0.393. The molecule has 0 spiro atoms. The van der Waals surface area contributed by atoms with Gasteiger partial charge in [-0.05, 0) is 175 Å². The molecule has 0 saturated heterocycles. The van der Waals surface area contributed by atoms with Crippen molar-refractivity contribution in [2.24, 2.45) is 35.0 Å². The third-order valence-corrected chi connectivity index (χ3v) is 14.7. The SMILES string of the molecule is CC(C)(C)c1ccc2c(c1)=CC(C(C)(C)C)CC=2C1=CC2=C(CC1)C(c1ccc3c(c1)C=CCC3)=CC1C2C=C(C2C=CC3=C(C=CCC3)C2)C2=CC=CCC21. The van der Waals surface area contributed by atoms with Crippen molar-refractivity contribution in [2.45, 2.75) is 105 Å². The Balaban J connectivity index is 1.15. The number of hydrogen-bond donors (Lipinski definition) is 0. The summed E-state index contributed by atoms with van der Waals surface area (Å²) in [6.45, 7) is 14.4. The highest BCUT2D eigenvalue weighted by atomic mass is 14.5. The first-order valence-electron chi connectivity index (χ1n) is 22.0. The van der Waals surface area contributed by atoms with E-state index in [4.69, 9.17) is 0 Å². The van der Waals surface area contributed by atoms with Gasteiger partial charge in [0.2, 0.25) is 0 Å². The lowest BCUT2D eigenvalue weighted by Gasteiger charge is -2.45. The van der Waals surface area contributed by atoms with Gasteiger partial charge in [0.15, 0.2) is 0 Å². The highest BCUT2D eigenvalue weighted by Gasteiger charge is 2.43. The summed E-state index contributed by atoms with van der Waals surface area (Å²) >= 11 is 0. The van der Waals surface area contributed by atoms with E-state index in [9.17, 15) is 0 Å². The Morgan fingerprint density at radius 3 is 2.41 bits per heavy atom. The van der Waals surface area contributed by atoms with E-state index in [1.54, 1.807) is 44.6 Å². The van der Waals surface area contributed by atoms with E-state index in [1.807, 2.05) is 0 Å². The lowest BCUT2D eigenvalue weighted by atomic mass is 9.58. The molecule has 0 radical (unpaired) electrons. The van der Waals surface area contributed by atoms with Crippen molar-refractivity contribution >= 4 is 23.3 Å². The van der Waals surface area contributed by atoms with Crippen LogP contribution in [0.25, 0.3) is 23.3 Å². The molecule has 0 saturated carbocycles. The molecule has 2 aromatic carbocycles. The van der Waals surface area contributed by atoms with Crippen molar-refractivity contribution in [1.29, 1.82) is 0 Å². The number of aryl methyl sites for hydroxylation is 1. The van der Waals surface area contributed by atoms with Crippen LogP contribution in [0.1, 0.15) is 115 Å². The molecular weight excluding hydrogens is 673 g/mol. The van der Waals surface area contributed by atoms with E-state index in [0.29, 0.717) is 29.6 Å². The average Bonchev–Trinajstić information content (AvgIpc) is 3.21. The Bertz CT molecular complexity index is 2470. The normalized spacial score (nSPS) is 27.8. The molecule has 0 aliphatic heterocycles. The topological polar surface area (TPSA) is 0 Å². The maximum atomic E-state index is 2.78. The van der Waals surface area contributed by atoms with Gasteiger partial charge in [-0.15, -0.1) is 0 Å². The zero-order chi connectivity index (χ0) is 38.3. The second-order valence-electron chi connectivity index (χ2n) is 20.2. The average molecular weight is 733 g/mol. The van der Waals surface area contributed by atoms with Gasteiger partial charge in [-0.25, -0.2) is 0 Å². The quantitative estimate of drug-likeness (QED) is 0.295. The van der Waals surface area contributed by atoms with Crippen LogP contribution in [0, 0.1) is 35.0 Å². The van der Waals surface area contributed by atoms with Gasteiger partial charge < -0.3 is 0 Å². The minimum Gasteiger partial charge on any atom is -0.0839 e. The maximum Gasteiger partial charge on any atom is 0.00963 e. The molecule has 8 aliphatic rings. The van der Waals surface area contributed by atoms with Crippen molar-refractivity contribution in [3.8, 4) is 0 Å². The molecule has 0 heteroatoms. The Hall–Kier alpha value is -4.42. The summed E-state index contributed by atoms with van der Waals surface area (Å²) in [5.41, 5.74) is 20.3. The minimum absolute atomic E-state index is 0.124. The van der Waals surface area contributed by atoms with Crippen LogP contribution in [-0.2, 0) is 11.8 Å². The summed E-state index contributed by atoms with van der Waals surface area (Å²) < 4.78 is 0. The van der Waals surface area contributed by atoms with Crippen LogP contribution in [0.15, 0.2) is 142 Å². The van der Waals surface area contributed by atoms with E-state index < -0.39 is 0 Å². The zero-order valence-corrected chi connectivity index (χ0v) is 34.7. The van der Waals surface area contributed by atoms with E-state index in [0.717, 1.165) is 44.9 Å². The molecule has 56 heavy (non-hydrogen) atoms. The number of benzene rings is 2. The molecule has 0 bridgehead atoms. The molecular formula is C56H60. The van der Waals surface area contributed by atoms with Crippen LogP contribution in [0.2, 0.25) is 0 Å². The molecule has 0 amide bonds. The number of rotatable bonds is 3. The molecule has 2 aromatic rings. The lowest BCUT2D eigenvalue weighted by molar-refractivity contribution is 0.311. The van der Waals surface area contributed by atoms with Crippen molar-refractivity contribution in [3.63, 3.8) is 0 Å². The maximum absolute atomic E-state index is 2.78. The highest BCUT2D eigenvalue weighted by Crippen LogP contribution is 2.55. The number of hydrogen-bond acceptors (Lipinski definition) is 0. The monoisotopic (exact) mass is 732 g/mol. The molecule has 284 valence electrons. The third-order valence-electron chi connectivity index (χ3n) is 14.7. The van der Waals surface area contributed by atoms with Crippen LogP contribution in [0.3, 0.4) is 0 Å². The summed E-state index contributed by atoms with van der Waals surface area (Å²) in [7, 11) is 0. The van der Waals surface area contributed by atoms with Gasteiger partial charge in [-0.2, -0.15) is 0 Å². The molecule has 0 aromatic heterocycles. The standard InChI is InChI=1S/C56H60/c1-55(2,3)43-24-26-45-42(29-43)30-44(56(4,5)6)32-49(45)41-23-25-48-51(40-22-20-36-14-8-10-16-38(36)28-40)33-53-47-18-12-11-17-46(47)50(34-54(53)52(48)31-41)39-21-19-35-13-7-9-15-37(35)27-39/h9-12,15-17,19-22,24,26,28-31,33-34,39,44,47,53-54H,7-8,13-14,18,23,25,27,32H2,1-6H3. The summed E-state index contributed by atoms with van der Waals surface area (Å²) in [6, 6.07) is 14.8. The predicted octanol–water partition coefficient (Wildman–Crippen LogP) is 13.0. The lowest BCUT2D eigenvalue weighted by Crippen LogP contribution is -2.37. The van der Waals surface area contributed by atoms with Crippen LogP contribution < -0.4 is 10.4 Å². The number of fused-ring (bicyclic) bond motifs is 6. The highest BCUT2D eigenvalue weighted by molar-refractivity contribution is 5.86. The molecule has 8 aliphatic carbocycles. The van der Waals surface area contributed by atoms with Crippen molar-refractivity contribution in [3.05, 3.63) is 175 Å². The van der Waals surface area contributed by atoms with Crippen LogP contribution in [-0.4, -0.2) is 0 Å². The summed E-state index contributed by atoms with van der Waals surface area (Å²) in [4.78, 5) is 0. The summed E-state index contributed by atoms with van der Waals surface area (Å²) in [5.74, 6) is 2.26. The van der Waals surface area contributed by atoms with Crippen molar-refractivity contribution in [1.82, 2.24) is 0 Å². The summed E-state index contributed by atoms with van der Waals surface area (Å²) in [5, 5.41) is 2.92. The zero-order valence-electron chi connectivity index (χ0n) is 34.7. The Morgan fingerprint density at radius 1 is 0.696 bits per heavy atom. The van der Waals surface area contributed by atoms with Gasteiger partial charge in [0.1, 0.15) is 0 Å². The summed E-state index contributed by atoms with van der Waals surface area (Å²) in [6.07, 6.45) is 43.0. The van der Waals surface area contributed by atoms with Crippen LogP contribution in [0.5, 0.6) is 0 Å². The first kappa shape index (κ1) is 36.0. The Kier molecular flexibility index (Phi) is 8.74. The predicted molar refractivity (Wildman–Crippen MR) is 239 cm³/mol. The van der Waals surface area contributed by atoms with E-state index in [2.05, 4.69) is 157 Å². The molecule has 5 atom stereocenters. The molecule has 0 heterocycles. The van der Waals surface area contributed by atoms with E-state index >= 15 is 0 Å². The van der Waals surface area contributed by atoms with Gasteiger partial charge in [0.05, 0.1) is 0 Å². The first-order valence-corrected chi connectivity index (χ1v) is 22.0. The fourth-order valence-corrected chi connectivity index (χ4v) is 11.3. The second kappa shape index (κ2) is 13.6. The Morgan fingerprint density at radius 2 is 1.55 bits per heavy atom. The van der Waals surface area contributed by atoms with E-state index in [-0.39, 0.29) is 10.8 Å². The molecule has 0 fully saturated rings. The Labute approximate surface area is 336 Å². The van der Waals surface area contributed by atoms with Crippen LogP contribution >= 0.6 is 0 Å². The van der Waals surface area contributed by atoms with Gasteiger partial charge in [0, 0.05) is 11.8 Å². The molecule has 5 unspecified atom stereocenters. The van der Waals surface area contributed by atoms with Crippen molar-refractivity contribution in [2.75, 3.05) is 0 Å². The van der Waals surface area contributed by atoms with E-state index in [1.165, 1.54) is 51.1 Å². The first-order chi connectivity index (χ1) is 27.0. The second-order valence-corrected chi connectivity index (χ2v) is 20.2. The molecule has 10 rings (SSSR count). The van der Waals surface area contributed by atoms with Gasteiger partial charge in [-0.3, -0.25) is 0 Å². The smallest absolute Gasteiger partial charge is 0.00963 e. The molecule has 0 N–H and O–H groups in total. The largest absolute Gasteiger partial charge is 0.0839 e. The molecule has 0 nitrogen and oxygen atoms in total.